The average molecular weight is 266 g/mol. The maximum absolute atomic E-state index is 11.8. The van der Waals surface area contributed by atoms with E-state index in [1.54, 1.807) is 12.3 Å². The lowest BCUT2D eigenvalue weighted by molar-refractivity contribution is 0.102. The quantitative estimate of drug-likeness (QED) is 0.927. The standard InChI is InChI=1S/C12H12ClN3O2/c1-16(2)10-4-3-8(7-14-10)15-12(17)9-5-6-18-11(9)13/h3-7H,1-2H3,(H,15,17). The highest BCUT2D eigenvalue weighted by molar-refractivity contribution is 6.32. The molecule has 6 heteroatoms. The highest BCUT2D eigenvalue weighted by Crippen LogP contribution is 2.19. The first-order chi connectivity index (χ1) is 8.58. The lowest BCUT2D eigenvalue weighted by atomic mass is 10.3. The summed E-state index contributed by atoms with van der Waals surface area (Å²) in [4.78, 5) is 17.9. The van der Waals surface area contributed by atoms with E-state index in [9.17, 15) is 4.79 Å². The first-order valence-electron chi connectivity index (χ1n) is 5.25. The van der Waals surface area contributed by atoms with E-state index in [0.29, 0.717) is 11.3 Å². The first kappa shape index (κ1) is 12.4. The number of furan rings is 1. The van der Waals surface area contributed by atoms with E-state index in [4.69, 9.17) is 16.0 Å². The summed E-state index contributed by atoms with van der Waals surface area (Å²) in [5.74, 6) is 0.488. The third-order valence-electron chi connectivity index (χ3n) is 2.33. The predicted molar refractivity (Wildman–Crippen MR) is 70.2 cm³/mol. The SMILES string of the molecule is CN(C)c1ccc(NC(=O)c2ccoc2Cl)cn1. The van der Waals surface area contributed by atoms with Crippen molar-refractivity contribution in [1.29, 1.82) is 0 Å². The van der Waals surface area contributed by atoms with Gasteiger partial charge in [-0.1, -0.05) is 0 Å². The summed E-state index contributed by atoms with van der Waals surface area (Å²) in [6.45, 7) is 0. The molecule has 2 rings (SSSR count). The number of pyridine rings is 1. The van der Waals surface area contributed by atoms with Crippen molar-refractivity contribution in [3.8, 4) is 0 Å². The van der Waals surface area contributed by atoms with Crippen molar-refractivity contribution in [2.75, 3.05) is 24.3 Å². The summed E-state index contributed by atoms with van der Waals surface area (Å²) in [5.41, 5.74) is 0.899. The Balaban J connectivity index is 2.10. The molecule has 2 aromatic heterocycles. The summed E-state index contributed by atoms with van der Waals surface area (Å²) in [5, 5.41) is 2.76. The third-order valence-corrected chi connectivity index (χ3v) is 2.62. The third kappa shape index (κ3) is 2.62. The van der Waals surface area contributed by atoms with Gasteiger partial charge in [-0.25, -0.2) is 4.98 Å². The van der Waals surface area contributed by atoms with Gasteiger partial charge in [-0.3, -0.25) is 4.79 Å². The highest BCUT2D eigenvalue weighted by Gasteiger charge is 2.13. The molecule has 0 saturated carbocycles. The second kappa shape index (κ2) is 5.10. The molecule has 0 aromatic carbocycles. The van der Waals surface area contributed by atoms with Gasteiger partial charge >= 0.3 is 0 Å². The molecule has 0 fully saturated rings. The number of amides is 1. The van der Waals surface area contributed by atoms with Crippen molar-refractivity contribution in [2.45, 2.75) is 0 Å². The van der Waals surface area contributed by atoms with E-state index < -0.39 is 0 Å². The van der Waals surface area contributed by atoms with Gasteiger partial charge in [0.2, 0.25) is 5.22 Å². The van der Waals surface area contributed by atoms with E-state index in [1.807, 2.05) is 25.1 Å². The molecule has 0 aliphatic carbocycles. The van der Waals surface area contributed by atoms with Crippen LogP contribution in [0.25, 0.3) is 0 Å². The maximum atomic E-state index is 11.8. The molecule has 0 bridgehead atoms. The van der Waals surface area contributed by atoms with E-state index in [2.05, 4.69) is 10.3 Å². The second-order valence-electron chi connectivity index (χ2n) is 3.86. The summed E-state index contributed by atoms with van der Waals surface area (Å²) in [6, 6.07) is 5.10. The van der Waals surface area contributed by atoms with Crippen LogP contribution in [0.5, 0.6) is 0 Å². The number of aromatic nitrogens is 1. The number of carbonyl (C=O) groups is 1. The topological polar surface area (TPSA) is 58.4 Å². The fourth-order valence-electron chi connectivity index (χ4n) is 1.38. The van der Waals surface area contributed by atoms with E-state index in [-0.39, 0.29) is 11.1 Å². The minimum Gasteiger partial charge on any atom is -0.452 e. The molecule has 18 heavy (non-hydrogen) atoms. The van der Waals surface area contributed by atoms with Crippen molar-refractivity contribution in [1.82, 2.24) is 4.98 Å². The van der Waals surface area contributed by atoms with Crippen LogP contribution in [0, 0.1) is 0 Å². The first-order valence-corrected chi connectivity index (χ1v) is 5.63. The normalized spacial score (nSPS) is 10.2. The Bertz CT molecular complexity index is 549. The molecule has 1 N–H and O–H groups in total. The Labute approximate surface area is 109 Å². The zero-order chi connectivity index (χ0) is 13.1. The molecular weight excluding hydrogens is 254 g/mol. The average Bonchev–Trinajstić information content (AvgIpc) is 2.76. The number of nitrogens with zero attached hydrogens (tertiary/aromatic N) is 2. The fraction of sp³-hybridized carbons (Fsp3) is 0.167. The van der Waals surface area contributed by atoms with Gasteiger partial charge in [0.05, 0.1) is 23.7 Å². The van der Waals surface area contributed by atoms with Crippen molar-refractivity contribution in [3.05, 3.63) is 41.4 Å². The molecular formula is C12H12ClN3O2. The van der Waals surface area contributed by atoms with Gasteiger partial charge in [-0.15, -0.1) is 0 Å². The molecule has 5 nitrogen and oxygen atoms in total. The summed E-state index contributed by atoms with van der Waals surface area (Å²) < 4.78 is 4.86. The Morgan fingerprint density at radius 3 is 2.67 bits per heavy atom. The number of carbonyl (C=O) groups excluding carboxylic acids is 1. The number of anilines is 2. The van der Waals surface area contributed by atoms with Gasteiger partial charge in [-0.2, -0.15) is 0 Å². The van der Waals surface area contributed by atoms with Gasteiger partial charge in [0.15, 0.2) is 0 Å². The van der Waals surface area contributed by atoms with Crippen LogP contribution in [0.15, 0.2) is 35.1 Å². The van der Waals surface area contributed by atoms with Crippen LogP contribution in [-0.4, -0.2) is 25.0 Å². The number of nitrogens with one attached hydrogen (secondary N) is 1. The largest absolute Gasteiger partial charge is 0.452 e. The number of hydrogen-bond donors (Lipinski definition) is 1. The van der Waals surface area contributed by atoms with E-state index >= 15 is 0 Å². The van der Waals surface area contributed by atoms with Crippen molar-refractivity contribution in [3.63, 3.8) is 0 Å². The smallest absolute Gasteiger partial charge is 0.260 e. The number of halogens is 1. The summed E-state index contributed by atoms with van der Waals surface area (Å²) in [6.07, 6.45) is 2.95. The molecule has 0 aliphatic rings. The Kier molecular flexibility index (Phi) is 3.53. The van der Waals surface area contributed by atoms with Crippen LogP contribution in [0.2, 0.25) is 5.22 Å². The minimum atomic E-state index is -0.326. The number of hydrogen-bond acceptors (Lipinski definition) is 4. The molecule has 0 atom stereocenters. The van der Waals surface area contributed by atoms with Gasteiger partial charge in [0.25, 0.3) is 5.91 Å². The molecule has 94 valence electrons. The van der Waals surface area contributed by atoms with Crippen molar-refractivity contribution in [2.24, 2.45) is 0 Å². The lowest BCUT2D eigenvalue weighted by Gasteiger charge is -2.11. The van der Waals surface area contributed by atoms with Gasteiger partial charge in [0, 0.05) is 14.1 Å². The second-order valence-corrected chi connectivity index (χ2v) is 4.20. The summed E-state index contributed by atoms with van der Waals surface area (Å²) in [7, 11) is 3.79. The molecule has 0 radical (unpaired) electrons. The van der Waals surface area contributed by atoms with Crippen molar-refractivity contribution >= 4 is 29.0 Å². The Hall–Kier alpha value is -2.01. The van der Waals surface area contributed by atoms with Crippen LogP contribution in [-0.2, 0) is 0 Å². The van der Waals surface area contributed by atoms with Gasteiger partial charge < -0.3 is 14.6 Å². The van der Waals surface area contributed by atoms with Crippen LogP contribution >= 0.6 is 11.6 Å². The predicted octanol–water partition coefficient (Wildman–Crippen LogP) is 2.65. The number of rotatable bonds is 3. The molecule has 0 saturated heterocycles. The molecule has 0 aliphatic heterocycles. The Morgan fingerprint density at radius 2 is 2.17 bits per heavy atom. The zero-order valence-electron chi connectivity index (χ0n) is 9.98. The molecule has 0 unspecified atom stereocenters. The van der Waals surface area contributed by atoms with Crippen LogP contribution in [0.4, 0.5) is 11.5 Å². The Morgan fingerprint density at radius 1 is 1.39 bits per heavy atom. The molecule has 1 amide bonds. The van der Waals surface area contributed by atoms with Crippen LogP contribution in [0.3, 0.4) is 0 Å². The van der Waals surface area contributed by atoms with Crippen molar-refractivity contribution < 1.29 is 9.21 Å². The van der Waals surface area contributed by atoms with Gasteiger partial charge in [-0.05, 0) is 29.8 Å². The fourth-order valence-corrected chi connectivity index (χ4v) is 1.58. The van der Waals surface area contributed by atoms with E-state index in [1.165, 1.54) is 12.3 Å². The summed E-state index contributed by atoms with van der Waals surface area (Å²) >= 11 is 5.72. The zero-order valence-corrected chi connectivity index (χ0v) is 10.7. The molecule has 0 spiro atoms. The molecule has 2 heterocycles. The highest BCUT2D eigenvalue weighted by atomic mass is 35.5. The monoisotopic (exact) mass is 265 g/mol. The van der Waals surface area contributed by atoms with Gasteiger partial charge in [0.1, 0.15) is 5.82 Å². The van der Waals surface area contributed by atoms with Crippen LogP contribution in [0.1, 0.15) is 10.4 Å². The molecule has 2 aromatic rings. The van der Waals surface area contributed by atoms with E-state index in [0.717, 1.165) is 5.82 Å². The minimum absolute atomic E-state index is 0.0744. The maximum Gasteiger partial charge on any atom is 0.260 e. The lowest BCUT2D eigenvalue weighted by Crippen LogP contribution is -2.13. The van der Waals surface area contributed by atoms with Crippen LogP contribution < -0.4 is 10.2 Å².